The van der Waals surface area contributed by atoms with Crippen molar-refractivity contribution in [1.82, 2.24) is 0 Å². The normalized spacial score (nSPS) is 13.3. The molecule has 4 amide bonds. The van der Waals surface area contributed by atoms with Gasteiger partial charge in [-0.3, -0.25) is 19.2 Å². The smallest absolute Gasteiger partial charge is 0.266 e. The van der Waals surface area contributed by atoms with Crippen LogP contribution in [0, 0.1) is 0 Å². The van der Waals surface area contributed by atoms with E-state index in [2.05, 4.69) is 125 Å². The van der Waals surface area contributed by atoms with Gasteiger partial charge in [-0.05, 0) is 262 Å². The maximum Gasteiger partial charge on any atom is 0.266 e. The second-order valence-electron chi connectivity index (χ2n) is 28.3. The first kappa shape index (κ1) is 67.9. The Balaban J connectivity index is 0.542. The molecule has 0 atom stereocenters. The molecule has 2 aliphatic heterocycles. The third kappa shape index (κ3) is 12.7. The lowest BCUT2D eigenvalue weighted by molar-refractivity contribution is 0.0910. The van der Waals surface area contributed by atoms with Gasteiger partial charge in [0.1, 0.15) is 69.0 Å². The predicted molar refractivity (Wildman–Crippen MR) is 424 cm³/mol. The van der Waals surface area contributed by atoms with Gasteiger partial charge >= 0.3 is 0 Å². The summed E-state index contributed by atoms with van der Waals surface area (Å²) < 4.78 is 37.5. The number of nitrogens with zero attached hydrogens (tertiary/aromatic N) is 2. The molecule has 0 saturated carbocycles. The van der Waals surface area contributed by atoms with Gasteiger partial charge in [-0.1, -0.05) is 149 Å². The minimum absolute atomic E-state index is 0.230. The Kier molecular flexibility index (Phi) is 17.0. The monoisotopic (exact) mass is 1430 g/mol. The molecule has 1 aliphatic carbocycles. The molecular weight excluding hydrogens is 1360 g/mol. The van der Waals surface area contributed by atoms with E-state index in [9.17, 15) is 19.2 Å². The van der Waals surface area contributed by atoms with Crippen LogP contribution in [0.25, 0.3) is 11.1 Å². The molecule has 14 aromatic carbocycles. The number of nitrogen functional groups attached to an aromatic ring is 2. The Hall–Kier alpha value is -14.2. The molecule has 0 aromatic heterocycles. The van der Waals surface area contributed by atoms with Crippen LogP contribution in [0.15, 0.2) is 328 Å². The number of benzene rings is 14. The van der Waals surface area contributed by atoms with Crippen LogP contribution in [0.5, 0.6) is 69.0 Å². The number of hydrogen-bond acceptors (Lipinski definition) is 12. The molecule has 14 nitrogen and oxygen atoms in total. The fraction of sp³-hybridized carbons (Fsp3) is 0.0737. The van der Waals surface area contributed by atoms with Gasteiger partial charge in [0.2, 0.25) is 0 Å². The maximum atomic E-state index is 14.2. The Labute approximate surface area is 630 Å². The summed E-state index contributed by atoms with van der Waals surface area (Å²) in [4.78, 5) is 58.6. The summed E-state index contributed by atoms with van der Waals surface area (Å²) in [5, 5.41) is 0. The van der Waals surface area contributed by atoms with E-state index >= 15 is 0 Å². The number of amides is 4. The minimum Gasteiger partial charge on any atom is -0.457 e. The fourth-order valence-electron chi connectivity index (χ4n) is 14.9. The van der Waals surface area contributed by atoms with E-state index < -0.39 is 29.0 Å². The number of rotatable bonds is 20. The standard InChI is InChI=1S/C95H70N4O10/c1-93(2,59-13-33-69(34-14-59)104-75-45-25-65(96)26-46-75)61-17-37-71(38-18-61)106-77-49-29-67(30-50-77)98-89(100)83-55-53-79(57-85(83)91(98)102)108-73-41-21-63(22-42-73)95(87-11-7-5-9-81(87)82-10-6-8-12-88(82)95)64-23-43-74(44-24-64)109-80-54-56-84-86(58-80)92(103)99(90(84)101)68-31-51-78(52-32-68)107-72-39-19-62(20-40-72)94(3,4)60-15-35-70(36-16-60)105-76-47-27-66(97)28-48-76/h5-58H,96-97H2,1-4H3. The number of anilines is 4. The van der Waals surface area contributed by atoms with Crippen LogP contribution in [-0.4, -0.2) is 23.6 Å². The third-order valence-corrected chi connectivity index (χ3v) is 20.9. The predicted octanol–water partition coefficient (Wildman–Crippen LogP) is 22.2. The lowest BCUT2D eigenvalue weighted by Crippen LogP contribution is -2.29. The molecule has 0 fully saturated rings. The summed E-state index contributed by atoms with van der Waals surface area (Å²) in [5.74, 6) is 5.25. The lowest BCUT2D eigenvalue weighted by atomic mass is 9.68. The minimum atomic E-state index is -0.781. The summed E-state index contributed by atoms with van der Waals surface area (Å²) in [6.07, 6.45) is 0. The quantitative estimate of drug-likeness (QED) is 0.0545. The van der Waals surface area contributed by atoms with Gasteiger partial charge in [0, 0.05) is 22.2 Å². The van der Waals surface area contributed by atoms with E-state index in [0.29, 0.717) is 80.2 Å². The van der Waals surface area contributed by atoms with Gasteiger partial charge < -0.3 is 39.9 Å². The summed E-state index contributed by atoms with van der Waals surface area (Å²) in [5.41, 5.74) is 24.2. The first-order valence-electron chi connectivity index (χ1n) is 35.8. The van der Waals surface area contributed by atoms with E-state index in [0.717, 1.165) is 67.1 Å². The van der Waals surface area contributed by atoms with Crippen LogP contribution in [0.1, 0.15) is 114 Å². The summed E-state index contributed by atoms with van der Waals surface area (Å²) in [6.45, 7) is 8.68. The Bertz CT molecular complexity index is 5480. The van der Waals surface area contributed by atoms with Crippen molar-refractivity contribution in [3.8, 4) is 80.1 Å². The highest BCUT2D eigenvalue weighted by molar-refractivity contribution is 6.35. The third-order valence-electron chi connectivity index (χ3n) is 20.9. The van der Waals surface area contributed by atoms with Gasteiger partial charge in [0.25, 0.3) is 23.6 Å². The highest BCUT2D eigenvalue weighted by Gasteiger charge is 2.46. The number of ether oxygens (including phenoxy) is 6. The van der Waals surface area contributed by atoms with Crippen LogP contribution in [0.4, 0.5) is 22.7 Å². The molecule has 0 spiro atoms. The maximum absolute atomic E-state index is 14.2. The van der Waals surface area contributed by atoms with Crippen molar-refractivity contribution in [2.45, 2.75) is 43.9 Å². The van der Waals surface area contributed by atoms with Crippen LogP contribution in [-0.2, 0) is 16.2 Å². The molecule has 3 aliphatic rings. The second-order valence-corrected chi connectivity index (χ2v) is 28.3. The Morgan fingerprint density at radius 2 is 0.477 bits per heavy atom. The van der Waals surface area contributed by atoms with E-state index in [-0.39, 0.29) is 33.1 Å². The van der Waals surface area contributed by atoms with Crippen molar-refractivity contribution in [2.24, 2.45) is 0 Å². The van der Waals surface area contributed by atoms with Crippen molar-refractivity contribution < 1.29 is 47.6 Å². The molecule has 530 valence electrons. The lowest BCUT2D eigenvalue weighted by Gasteiger charge is -2.34. The van der Waals surface area contributed by atoms with Gasteiger partial charge in [-0.25, -0.2) is 9.80 Å². The number of carbonyl (C=O) groups excluding carboxylic acids is 4. The number of fused-ring (bicyclic) bond motifs is 5. The molecule has 109 heavy (non-hydrogen) atoms. The van der Waals surface area contributed by atoms with E-state index in [1.54, 1.807) is 84.9 Å². The topological polar surface area (TPSA) is 182 Å². The average molecular weight is 1430 g/mol. The molecule has 17 rings (SSSR count). The largest absolute Gasteiger partial charge is 0.457 e. The highest BCUT2D eigenvalue weighted by atomic mass is 16.5. The van der Waals surface area contributed by atoms with Crippen LogP contribution < -0.4 is 49.7 Å². The van der Waals surface area contributed by atoms with Gasteiger partial charge in [-0.2, -0.15) is 0 Å². The van der Waals surface area contributed by atoms with Crippen LogP contribution >= 0.6 is 0 Å². The van der Waals surface area contributed by atoms with E-state index in [4.69, 9.17) is 39.9 Å². The van der Waals surface area contributed by atoms with Crippen molar-refractivity contribution in [3.05, 3.63) is 394 Å². The first-order valence-corrected chi connectivity index (χ1v) is 35.8. The zero-order valence-corrected chi connectivity index (χ0v) is 59.8. The van der Waals surface area contributed by atoms with Crippen molar-refractivity contribution in [1.29, 1.82) is 0 Å². The number of nitrogens with two attached hydrogens (primary N) is 2. The van der Waals surface area contributed by atoms with Crippen LogP contribution in [0.3, 0.4) is 0 Å². The summed E-state index contributed by atoms with van der Waals surface area (Å²) in [6, 6.07) is 103. The Morgan fingerprint density at radius 3 is 0.771 bits per heavy atom. The molecule has 0 unspecified atom stereocenters. The summed E-state index contributed by atoms with van der Waals surface area (Å²) in [7, 11) is 0. The number of hydrogen-bond donors (Lipinski definition) is 2. The first-order chi connectivity index (χ1) is 52.9. The molecule has 0 radical (unpaired) electrons. The molecule has 0 saturated heterocycles. The molecule has 0 bridgehead atoms. The molecular formula is C95H70N4O10. The number of carbonyl (C=O) groups is 4. The van der Waals surface area contributed by atoms with Crippen molar-refractivity contribution in [2.75, 3.05) is 21.3 Å². The second kappa shape index (κ2) is 27.3. The highest BCUT2D eigenvalue weighted by Crippen LogP contribution is 2.57. The molecule has 14 heteroatoms. The van der Waals surface area contributed by atoms with Gasteiger partial charge in [-0.15, -0.1) is 0 Å². The molecule has 4 N–H and O–H groups in total. The van der Waals surface area contributed by atoms with Gasteiger partial charge in [0.15, 0.2) is 0 Å². The average Bonchev–Trinajstić information content (AvgIpc) is 1.54. The SMILES string of the molecule is CC(C)(c1ccc(Oc2ccc(N)cc2)cc1)c1ccc(Oc2ccc(N3C(=O)c4ccc(Oc5ccc(C6(c7ccc(Oc8ccc9c(c8)C(=O)N(c8ccc(Oc%10ccc(C(C)(C)c%11ccc(Oc%12ccc(N)cc%12)cc%11)cc%10)cc8)C9=O)cc7)c7ccccc7-c7ccccc76)cc5)cc4C3=O)cc2)cc1. The molecule has 14 aromatic rings. The van der Waals surface area contributed by atoms with Crippen LogP contribution in [0.2, 0.25) is 0 Å². The summed E-state index contributed by atoms with van der Waals surface area (Å²) >= 11 is 0. The van der Waals surface area contributed by atoms with E-state index in [1.807, 2.05) is 146 Å². The zero-order valence-electron chi connectivity index (χ0n) is 59.8. The fourth-order valence-corrected chi connectivity index (χ4v) is 14.9. The zero-order chi connectivity index (χ0) is 74.7. The van der Waals surface area contributed by atoms with Crippen molar-refractivity contribution >= 4 is 46.4 Å². The Morgan fingerprint density at radius 1 is 0.248 bits per heavy atom. The number of imide groups is 2. The van der Waals surface area contributed by atoms with Crippen molar-refractivity contribution in [3.63, 3.8) is 0 Å². The van der Waals surface area contributed by atoms with Gasteiger partial charge in [0.05, 0.1) is 39.0 Å². The van der Waals surface area contributed by atoms with E-state index in [1.165, 1.54) is 9.80 Å². The molecule has 2 heterocycles.